The van der Waals surface area contributed by atoms with Gasteiger partial charge in [-0.15, -0.1) is 11.3 Å². The van der Waals surface area contributed by atoms with Crippen LogP contribution in [0.4, 0.5) is 16.6 Å². The average molecular weight is 460 g/mol. The summed E-state index contributed by atoms with van der Waals surface area (Å²) in [6.45, 7) is 0. The maximum absolute atomic E-state index is 11.4. The predicted octanol–water partition coefficient (Wildman–Crippen LogP) is 3.92. The first kappa shape index (κ1) is 20.3. The Balaban J connectivity index is 1.56. The van der Waals surface area contributed by atoms with Crippen LogP contribution in [0, 0.1) is 0 Å². The first-order chi connectivity index (χ1) is 14.3. The van der Waals surface area contributed by atoms with Gasteiger partial charge in [-0.3, -0.25) is 0 Å². The van der Waals surface area contributed by atoms with Crippen molar-refractivity contribution in [2.45, 2.75) is 4.90 Å². The van der Waals surface area contributed by atoms with Gasteiger partial charge in [0, 0.05) is 16.6 Å². The monoisotopic (exact) mass is 459 g/mol. The molecule has 5 N–H and O–H groups in total. The molecule has 8 nitrogen and oxygen atoms in total. The molecule has 0 fully saturated rings. The zero-order valence-electron chi connectivity index (χ0n) is 15.7. The van der Waals surface area contributed by atoms with E-state index in [1.165, 1.54) is 34.8 Å². The van der Waals surface area contributed by atoms with Gasteiger partial charge in [-0.1, -0.05) is 23.5 Å². The third-order valence-corrected chi connectivity index (χ3v) is 7.06. The van der Waals surface area contributed by atoms with Gasteiger partial charge < -0.3 is 15.8 Å². The molecule has 4 aromatic rings. The van der Waals surface area contributed by atoms with Crippen LogP contribution in [0.1, 0.15) is 0 Å². The number of thiazole rings is 2. The number of nitrogen functional groups attached to an aromatic ring is 1. The highest BCUT2D eigenvalue weighted by molar-refractivity contribution is 7.89. The minimum atomic E-state index is -3.73. The van der Waals surface area contributed by atoms with Crippen molar-refractivity contribution in [3.8, 4) is 26.9 Å². The van der Waals surface area contributed by atoms with E-state index >= 15 is 0 Å². The molecule has 0 unspecified atom stereocenters. The molecule has 0 radical (unpaired) electrons. The van der Waals surface area contributed by atoms with Gasteiger partial charge in [0.25, 0.3) is 0 Å². The van der Waals surface area contributed by atoms with Gasteiger partial charge in [0.05, 0.1) is 17.7 Å². The number of primary sulfonamides is 1. The van der Waals surface area contributed by atoms with Crippen molar-refractivity contribution >= 4 is 49.3 Å². The van der Waals surface area contributed by atoms with E-state index in [0.29, 0.717) is 16.6 Å². The maximum Gasteiger partial charge on any atom is 0.238 e. The summed E-state index contributed by atoms with van der Waals surface area (Å²) < 4.78 is 28.0. The lowest BCUT2D eigenvalue weighted by Crippen LogP contribution is -2.11. The smallest absolute Gasteiger partial charge is 0.238 e. The minimum absolute atomic E-state index is 0.0419. The molecule has 0 aliphatic heterocycles. The summed E-state index contributed by atoms with van der Waals surface area (Å²) in [5, 5.41) is 11.5. The highest BCUT2D eigenvalue weighted by atomic mass is 32.2. The van der Waals surface area contributed by atoms with Crippen molar-refractivity contribution in [1.29, 1.82) is 0 Å². The number of aromatic nitrogens is 2. The number of hydrogen-bond donors (Lipinski definition) is 3. The first-order valence-electron chi connectivity index (χ1n) is 8.60. The van der Waals surface area contributed by atoms with Crippen LogP contribution in [0.2, 0.25) is 0 Å². The second kappa shape index (κ2) is 8.03. The van der Waals surface area contributed by atoms with E-state index < -0.39 is 10.0 Å². The van der Waals surface area contributed by atoms with Gasteiger partial charge in [-0.25, -0.2) is 23.5 Å². The highest BCUT2D eigenvalue weighted by Gasteiger charge is 2.16. The summed E-state index contributed by atoms with van der Waals surface area (Å²) in [5.74, 6) is 1.13. The molecule has 154 valence electrons. The van der Waals surface area contributed by atoms with Gasteiger partial charge >= 0.3 is 0 Å². The number of sulfonamides is 1. The molecule has 11 heteroatoms. The molecular weight excluding hydrogens is 442 g/mol. The quantitative estimate of drug-likeness (QED) is 0.398. The molecule has 30 heavy (non-hydrogen) atoms. The van der Waals surface area contributed by atoms with Crippen molar-refractivity contribution < 1.29 is 13.2 Å². The molecule has 0 spiro atoms. The second-order valence-corrected chi connectivity index (χ2v) is 9.62. The Morgan fingerprint density at radius 1 is 1.10 bits per heavy atom. The Labute approximate surface area is 181 Å². The Hall–Kier alpha value is -2.99. The standard InChI is InChI=1S/C19H17N5O3S3/c1-27-13-4-2-3-11(9-13)15-10-28-18(23-15)16-17(20)24-19(29-16)22-12-5-7-14(8-6-12)30(21,25)26/h2-10H,20H2,1H3,(H,22,24)(H2,21,25,26). The summed E-state index contributed by atoms with van der Waals surface area (Å²) in [6.07, 6.45) is 0. The van der Waals surface area contributed by atoms with Crippen LogP contribution in [0.15, 0.2) is 58.8 Å². The van der Waals surface area contributed by atoms with Gasteiger partial charge in [-0.05, 0) is 36.4 Å². The number of anilines is 3. The fourth-order valence-corrected chi connectivity index (χ4v) is 5.03. The number of hydrogen-bond acceptors (Lipinski definition) is 9. The molecule has 0 amide bonds. The topological polar surface area (TPSA) is 133 Å². The maximum atomic E-state index is 11.4. The van der Waals surface area contributed by atoms with Crippen LogP contribution in [0.3, 0.4) is 0 Å². The number of benzene rings is 2. The summed E-state index contributed by atoms with van der Waals surface area (Å²) in [4.78, 5) is 9.85. The molecule has 2 aromatic heterocycles. The zero-order chi connectivity index (χ0) is 21.3. The van der Waals surface area contributed by atoms with E-state index in [4.69, 9.17) is 20.6 Å². The van der Waals surface area contributed by atoms with Crippen LogP contribution >= 0.6 is 22.7 Å². The Morgan fingerprint density at radius 3 is 2.57 bits per heavy atom. The van der Waals surface area contributed by atoms with Gasteiger partial charge in [-0.2, -0.15) is 0 Å². The minimum Gasteiger partial charge on any atom is -0.497 e. The lowest BCUT2D eigenvalue weighted by molar-refractivity contribution is 0.415. The number of nitrogens with two attached hydrogens (primary N) is 2. The van der Waals surface area contributed by atoms with E-state index in [2.05, 4.69) is 10.3 Å². The number of methoxy groups -OCH3 is 1. The lowest BCUT2D eigenvalue weighted by Gasteiger charge is -2.03. The molecular formula is C19H17N5O3S3. The van der Waals surface area contributed by atoms with Crippen molar-refractivity contribution in [2.24, 2.45) is 5.14 Å². The molecule has 0 atom stereocenters. The molecule has 0 bridgehead atoms. The normalized spacial score (nSPS) is 11.4. The third-order valence-electron chi connectivity index (χ3n) is 4.15. The molecule has 0 aliphatic rings. The van der Waals surface area contributed by atoms with E-state index in [-0.39, 0.29) is 4.90 Å². The molecule has 2 aromatic carbocycles. The van der Waals surface area contributed by atoms with E-state index in [1.54, 1.807) is 19.2 Å². The number of rotatable bonds is 6. The summed E-state index contributed by atoms with van der Waals surface area (Å²) in [7, 11) is -2.11. The molecule has 2 heterocycles. The average Bonchev–Trinajstić information content (AvgIpc) is 3.34. The largest absolute Gasteiger partial charge is 0.497 e. The van der Waals surface area contributed by atoms with E-state index in [1.807, 2.05) is 29.6 Å². The van der Waals surface area contributed by atoms with Gasteiger partial charge in [0.15, 0.2) is 5.13 Å². The molecule has 0 saturated heterocycles. The van der Waals surface area contributed by atoms with Crippen LogP contribution in [0.5, 0.6) is 5.75 Å². The first-order valence-corrected chi connectivity index (χ1v) is 11.8. The SMILES string of the molecule is COc1cccc(-c2csc(-c3sc(Nc4ccc(S(N)(=O)=O)cc4)nc3N)n2)c1. The Bertz CT molecular complexity index is 1300. The van der Waals surface area contributed by atoms with Crippen molar-refractivity contribution in [3.05, 3.63) is 53.9 Å². The second-order valence-electron chi connectivity index (χ2n) is 6.20. The fourth-order valence-electron chi connectivity index (χ4n) is 2.68. The Morgan fingerprint density at radius 2 is 1.87 bits per heavy atom. The fraction of sp³-hybridized carbons (Fsp3) is 0.0526. The molecule has 0 saturated carbocycles. The summed E-state index contributed by atoms with van der Waals surface area (Å²) in [5.41, 5.74) is 8.56. The van der Waals surface area contributed by atoms with E-state index in [0.717, 1.165) is 26.9 Å². The summed E-state index contributed by atoms with van der Waals surface area (Å²) >= 11 is 2.85. The Kier molecular flexibility index (Phi) is 5.43. The zero-order valence-corrected chi connectivity index (χ0v) is 18.1. The van der Waals surface area contributed by atoms with Crippen LogP contribution < -0.4 is 20.9 Å². The molecule has 0 aliphatic carbocycles. The number of nitrogens with zero attached hydrogens (tertiary/aromatic N) is 2. The van der Waals surface area contributed by atoms with E-state index in [9.17, 15) is 8.42 Å². The number of nitrogens with one attached hydrogen (secondary N) is 1. The van der Waals surface area contributed by atoms with Crippen LogP contribution in [0.25, 0.3) is 21.1 Å². The van der Waals surface area contributed by atoms with Gasteiger partial charge in [0.1, 0.15) is 21.5 Å². The lowest BCUT2D eigenvalue weighted by atomic mass is 10.2. The summed E-state index contributed by atoms with van der Waals surface area (Å²) in [6, 6.07) is 13.8. The van der Waals surface area contributed by atoms with Crippen molar-refractivity contribution in [3.63, 3.8) is 0 Å². The van der Waals surface area contributed by atoms with Crippen molar-refractivity contribution in [1.82, 2.24) is 9.97 Å². The van der Waals surface area contributed by atoms with Gasteiger partial charge in [0.2, 0.25) is 10.0 Å². The highest BCUT2D eigenvalue weighted by Crippen LogP contribution is 2.39. The third kappa shape index (κ3) is 4.28. The predicted molar refractivity (Wildman–Crippen MR) is 121 cm³/mol. The molecule has 4 rings (SSSR count). The van der Waals surface area contributed by atoms with Crippen LogP contribution in [-0.4, -0.2) is 25.5 Å². The number of ether oxygens (including phenoxy) is 1. The van der Waals surface area contributed by atoms with Crippen LogP contribution in [-0.2, 0) is 10.0 Å². The van der Waals surface area contributed by atoms with Crippen molar-refractivity contribution in [2.75, 3.05) is 18.2 Å².